The lowest BCUT2D eigenvalue weighted by atomic mass is 10.1. The largest absolute Gasteiger partial charge is 0.312 e. The Labute approximate surface area is 108 Å². The summed E-state index contributed by atoms with van der Waals surface area (Å²) in [4.78, 5) is 0. The molecule has 0 saturated carbocycles. The van der Waals surface area contributed by atoms with Crippen molar-refractivity contribution in [3.05, 3.63) is 48.3 Å². The van der Waals surface area contributed by atoms with E-state index in [1.807, 2.05) is 61.4 Å². The van der Waals surface area contributed by atoms with Crippen LogP contribution < -0.4 is 5.32 Å². The normalized spacial score (nSPS) is 11.7. The molecule has 1 N–H and O–H groups in total. The zero-order valence-corrected chi connectivity index (χ0v) is 10.7. The van der Waals surface area contributed by atoms with Crippen LogP contribution in [0.3, 0.4) is 0 Å². The zero-order valence-electron chi connectivity index (χ0n) is 10.7. The van der Waals surface area contributed by atoms with Crippen molar-refractivity contribution < 1.29 is 0 Å². The first-order valence-electron chi connectivity index (χ1n) is 6.02. The van der Waals surface area contributed by atoms with Crippen molar-refractivity contribution in [1.82, 2.24) is 15.1 Å². The van der Waals surface area contributed by atoms with Crippen LogP contribution in [0, 0.1) is 11.8 Å². The topological polar surface area (TPSA) is 29.9 Å². The molecule has 0 amide bonds. The lowest BCUT2D eigenvalue weighted by molar-refractivity contribution is 0.611. The number of rotatable bonds is 4. The molecule has 2 aromatic rings. The van der Waals surface area contributed by atoms with Crippen molar-refractivity contribution in [3.8, 4) is 17.5 Å². The van der Waals surface area contributed by atoms with Gasteiger partial charge in [-0.15, -0.1) is 11.8 Å². The van der Waals surface area contributed by atoms with Crippen LogP contribution in [0.15, 0.2) is 42.7 Å². The average molecular weight is 239 g/mol. The number of hydrogen-bond acceptors (Lipinski definition) is 2. The third-order valence-corrected chi connectivity index (χ3v) is 2.86. The Morgan fingerprint density at radius 1 is 1.33 bits per heavy atom. The Balaban J connectivity index is 2.21. The third kappa shape index (κ3) is 2.79. The SMILES string of the molecule is CC#CCC(NC)c1cnn(-c2ccccc2)c1. The molecule has 0 fully saturated rings. The van der Waals surface area contributed by atoms with Crippen LogP contribution in [0.4, 0.5) is 0 Å². The molecule has 3 nitrogen and oxygen atoms in total. The van der Waals surface area contributed by atoms with Crippen LogP contribution >= 0.6 is 0 Å². The molecule has 1 heterocycles. The van der Waals surface area contributed by atoms with Gasteiger partial charge in [0.1, 0.15) is 0 Å². The summed E-state index contributed by atoms with van der Waals surface area (Å²) in [5.41, 5.74) is 2.23. The summed E-state index contributed by atoms with van der Waals surface area (Å²) in [5.74, 6) is 6.02. The molecule has 0 bridgehead atoms. The first-order valence-corrected chi connectivity index (χ1v) is 6.02. The number of nitrogens with one attached hydrogen (secondary N) is 1. The van der Waals surface area contributed by atoms with E-state index in [0.29, 0.717) is 0 Å². The summed E-state index contributed by atoms with van der Waals surface area (Å²) >= 11 is 0. The molecule has 0 saturated heterocycles. The highest BCUT2D eigenvalue weighted by molar-refractivity contribution is 5.31. The highest BCUT2D eigenvalue weighted by Crippen LogP contribution is 2.16. The number of benzene rings is 1. The lowest BCUT2D eigenvalue weighted by Gasteiger charge is -2.10. The van der Waals surface area contributed by atoms with Gasteiger partial charge in [0.25, 0.3) is 0 Å². The Bertz CT molecular complexity index is 546. The van der Waals surface area contributed by atoms with Crippen molar-refractivity contribution in [2.24, 2.45) is 0 Å². The third-order valence-electron chi connectivity index (χ3n) is 2.86. The molecule has 0 aliphatic heterocycles. The van der Waals surface area contributed by atoms with Gasteiger partial charge >= 0.3 is 0 Å². The lowest BCUT2D eigenvalue weighted by Crippen LogP contribution is -2.15. The molecule has 1 atom stereocenters. The summed E-state index contributed by atoms with van der Waals surface area (Å²) in [6.07, 6.45) is 4.74. The van der Waals surface area contributed by atoms with Crippen molar-refractivity contribution in [2.75, 3.05) is 7.05 Å². The van der Waals surface area contributed by atoms with Gasteiger partial charge in [0.15, 0.2) is 0 Å². The second-order valence-electron chi connectivity index (χ2n) is 4.03. The van der Waals surface area contributed by atoms with Gasteiger partial charge in [-0.2, -0.15) is 5.10 Å². The molecule has 0 radical (unpaired) electrons. The second-order valence-corrected chi connectivity index (χ2v) is 4.03. The maximum absolute atomic E-state index is 4.39. The Hall–Kier alpha value is -2.05. The quantitative estimate of drug-likeness (QED) is 0.831. The van der Waals surface area contributed by atoms with E-state index in [-0.39, 0.29) is 6.04 Å². The zero-order chi connectivity index (χ0) is 12.8. The Kier molecular flexibility index (Phi) is 4.16. The fourth-order valence-corrected chi connectivity index (χ4v) is 1.83. The summed E-state index contributed by atoms with van der Waals surface area (Å²) in [7, 11) is 1.95. The minimum atomic E-state index is 0.231. The number of para-hydroxylation sites is 1. The maximum atomic E-state index is 4.39. The van der Waals surface area contributed by atoms with Gasteiger partial charge in [-0.05, 0) is 26.1 Å². The minimum Gasteiger partial charge on any atom is -0.312 e. The molecule has 0 aliphatic carbocycles. The van der Waals surface area contributed by atoms with Gasteiger partial charge in [0.2, 0.25) is 0 Å². The summed E-state index contributed by atoms with van der Waals surface area (Å²) in [6.45, 7) is 1.86. The molecule has 1 aromatic heterocycles. The van der Waals surface area contributed by atoms with Gasteiger partial charge in [0.05, 0.1) is 11.9 Å². The first-order chi connectivity index (χ1) is 8.85. The molecule has 92 valence electrons. The van der Waals surface area contributed by atoms with E-state index in [9.17, 15) is 0 Å². The van der Waals surface area contributed by atoms with Gasteiger partial charge < -0.3 is 5.32 Å². The first kappa shape index (κ1) is 12.4. The predicted molar refractivity (Wildman–Crippen MR) is 73.4 cm³/mol. The fraction of sp³-hybridized carbons (Fsp3) is 0.267. The molecule has 0 spiro atoms. The standard InChI is InChI=1S/C15H17N3/c1-3-4-10-15(16-2)13-11-17-18(12-13)14-8-6-5-7-9-14/h5-9,11-12,15-16H,10H2,1-2H3. The number of aromatic nitrogens is 2. The van der Waals surface area contributed by atoms with Gasteiger partial charge in [-0.25, -0.2) is 4.68 Å². The molecule has 3 heteroatoms. The van der Waals surface area contributed by atoms with Crippen molar-refractivity contribution >= 4 is 0 Å². The summed E-state index contributed by atoms with van der Waals surface area (Å²) in [6, 6.07) is 10.3. The minimum absolute atomic E-state index is 0.231. The van der Waals surface area contributed by atoms with Crippen molar-refractivity contribution in [2.45, 2.75) is 19.4 Å². The number of nitrogens with zero attached hydrogens (tertiary/aromatic N) is 2. The van der Waals surface area contributed by atoms with Crippen LogP contribution in [0.5, 0.6) is 0 Å². The van der Waals surface area contributed by atoms with Gasteiger partial charge in [-0.1, -0.05) is 18.2 Å². The van der Waals surface area contributed by atoms with Crippen molar-refractivity contribution in [3.63, 3.8) is 0 Å². The van der Waals surface area contributed by atoms with Crippen LogP contribution in [0.2, 0.25) is 0 Å². The van der Waals surface area contributed by atoms with E-state index in [4.69, 9.17) is 0 Å². The Morgan fingerprint density at radius 2 is 2.11 bits per heavy atom. The second kappa shape index (κ2) is 6.04. The molecule has 0 aliphatic rings. The van der Waals surface area contributed by atoms with Gasteiger partial charge in [0, 0.05) is 24.2 Å². The van der Waals surface area contributed by atoms with E-state index in [1.54, 1.807) is 0 Å². The summed E-state index contributed by atoms with van der Waals surface area (Å²) < 4.78 is 1.89. The molecular weight excluding hydrogens is 222 g/mol. The highest BCUT2D eigenvalue weighted by Gasteiger charge is 2.10. The van der Waals surface area contributed by atoms with Gasteiger partial charge in [-0.3, -0.25) is 0 Å². The van der Waals surface area contributed by atoms with E-state index in [2.05, 4.69) is 22.3 Å². The Morgan fingerprint density at radius 3 is 2.78 bits per heavy atom. The smallest absolute Gasteiger partial charge is 0.0645 e. The van der Waals surface area contributed by atoms with Crippen molar-refractivity contribution in [1.29, 1.82) is 0 Å². The van der Waals surface area contributed by atoms with E-state index in [0.717, 1.165) is 17.7 Å². The van der Waals surface area contributed by atoms with Crippen LogP contribution in [0.25, 0.3) is 5.69 Å². The average Bonchev–Trinajstić information content (AvgIpc) is 2.90. The van der Waals surface area contributed by atoms with E-state index >= 15 is 0 Å². The summed E-state index contributed by atoms with van der Waals surface area (Å²) in [5, 5.41) is 7.65. The van der Waals surface area contributed by atoms with E-state index in [1.165, 1.54) is 0 Å². The molecular formula is C15H17N3. The van der Waals surface area contributed by atoms with Crippen LogP contribution in [-0.4, -0.2) is 16.8 Å². The van der Waals surface area contributed by atoms with Crippen LogP contribution in [-0.2, 0) is 0 Å². The molecule has 18 heavy (non-hydrogen) atoms. The monoisotopic (exact) mass is 239 g/mol. The molecule has 2 rings (SSSR count). The highest BCUT2D eigenvalue weighted by atomic mass is 15.3. The molecule has 1 unspecified atom stereocenters. The van der Waals surface area contributed by atoms with E-state index < -0.39 is 0 Å². The maximum Gasteiger partial charge on any atom is 0.0645 e. The number of hydrogen-bond donors (Lipinski definition) is 1. The van der Waals surface area contributed by atoms with Crippen LogP contribution in [0.1, 0.15) is 24.9 Å². The predicted octanol–water partition coefficient (Wildman–Crippen LogP) is 2.55. The fourth-order valence-electron chi connectivity index (χ4n) is 1.83. The molecule has 1 aromatic carbocycles.